The van der Waals surface area contributed by atoms with Gasteiger partial charge in [-0.15, -0.1) is 24.0 Å². The lowest BCUT2D eigenvalue weighted by molar-refractivity contribution is 0.254. The van der Waals surface area contributed by atoms with Crippen molar-refractivity contribution in [3.8, 4) is 0 Å². The molecule has 30 heavy (non-hydrogen) atoms. The van der Waals surface area contributed by atoms with Crippen LogP contribution in [0.25, 0.3) is 0 Å². The molecule has 9 nitrogen and oxygen atoms in total. The van der Waals surface area contributed by atoms with E-state index < -0.39 is 0 Å². The molecule has 2 N–H and O–H groups in total. The molecule has 1 aliphatic rings. The number of anilines is 1. The summed E-state index contributed by atoms with van der Waals surface area (Å²) < 4.78 is 5.60. The van der Waals surface area contributed by atoms with Crippen LogP contribution in [0.3, 0.4) is 0 Å². The Labute approximate surface area is 195 Å². The van der Waals surface area contributed by atoms with E-state index >= 15 is 0 Å². The van der Waals surface area contributed by atoms with Gasteiger partial charge in [0.15, 0.2) is 5.96 Å². The van der Waals surface area contributed by atoms with Crippen molar-refractivity contribution in [2.45, 2.75) is 33.7 Å². The number of aryl methyl sites for hydroxylation is 2. The summed E-state index contributed by atoms with van der Waals surface area (Å²) in [5, 5.41) is 6.67. The van der Waals surface area contributed by atoms with Gasteiger partial charge in [-0.1, -0.05) is 0 Å². The average Bonchev–Trinajstić information content (AvgIpc) is 3.07. The van der Waals surface area contributed by atoms with Gasteiger partial charge in [0.1, 0.15) is 12.3 Å². The van der Waals surface area contributed by atoms with E-state index in [1.807, 2.05) is 19.9 Å². The summed E-state index contributed by atoms with van der Waals surface area (Å²) >= 11 is 0. The van der Waals surface area contributed by atoms with Crippen LogP contribution in [-0.2, 0) is 6.54 Å². The lowest BCUT2D eigenvalue weighted by Gasteiger charge is -2.34. The van der Waals surface area contributed by atoms with Crippen molar-refractivity contribution in [2.24, 2.45) is 4.99 Å². The second-order valence-corrected chi connectivity index (χ2v) is 7.10. The lowest BCUT2D eigenvalue weighted by Crippen LogP contribution is -2.47. The Morgan fingerprint density at radius 3 is 2.50 bits per heavy atom. The van der Waals surface area contributed by atoms with Gasteiger partial charge in [0.25, 0.3) is 0 Å². The predicted molar refractivity (Wildman–Crippen MR) is 130 cm³/mol. The minimum atomic E-state index is 0. The molecule has 2 aromatic heterocycles. The summed E-state index contributed by atoms with van der Waals surface area (Å²) in [5.41, 5.74) is 0.923. The van der Waals surface area contributed by atoms with Crippen LogP contribution in [0.2, 0.25) is 0 Å². The summed E-state index contributed by atoms with van der Waals surface area (Å²) in [6, 6.07) is 1.85. The van der Waals surface area contributed by atoms with E-state index in [9.17, 15) is 0 Å². The number of nitrogens with zero attached hydrogens (tertiary/aromatic N) is 6. The maximum atomic E-state index is 5.60. The minimum Gasteiger partial charge on any atom is -0.444 e. The molecule has 0 bridgehead atoms. The molecular formula is C20H33IN8O. The van der Waals surface area contributed by atoms with E-state index in [1.54, 1.807) is 12.4 Å². The molecule has 1 fully saturated rings. The fourth-order valence-electron chi connectivity index (χ4n) is 3.23. The van der Waals surface area contributed by atoms with Crippen LogP contribution in [0.15, 0.2) is 27.9 Å². The molecule has 0 aliphatic carbocycles. The second kappa shape index (κ2) is 12.7. The molecular weight excluding hydrogens is 495 g/mol. The molecule has 1 aliphatic heterocycles. The SMILES string of the molecule is CCNC(=NCc1nc(C)c(C)o1)NCCCN1CCN(c2ncccn2)CC1.I. The quantitative estimate of drug-likeness (QED) is 0.233. The third-order valence-corrected chi connectivity index (χ3v) is 4.94. The minimum absolute atomic E-state index is 0. The Kier molecular flexibility index (Phi) is 10.3. The monoisotopic (exact) mass is 528 g/mol. The fraction of sp³-hybridized carbons (Fsp3) is 0.600. The first-order valence-corrected chi connectivity index (χ1v) is 10.3. The third-order valence-electron chi connectivity index (χ3n) is 4.94. The average molecular weight is 528 g/mol. The molecule has 1 saturated heterocycles. The number of hydrogen-bond acceptors (Lipinski definition) is 7. The van der Waals surface area contributed by atoms with Gasteiger partial charge in [-0.05, 0) is 39.8 Å². The molecule has 0 amide bonds. The van der Waals surface area contributed by atoms with Crippen molar-refractivity contribution in [1.82, 2.24) is 30.5 Å². The highest BCUT2D eigenvalue weighted by molar-refractivity contribution is 14.0. The number of aromatic nitrogens is 3. The zero-order valence-corrected chi connectivity index (χ0v) is 20.4. The maximum absolute atomic E-state index is 5.60. The van der Waals surface area contributed by atoms with Crippen LogP contribution in [0, 0.1) is 13.8 Å². The van der Waals surface area contributed by atoms with E-state index in [0.29, 0.717) is 12.4 Å². The standard InChI is InChI=1S/C20H32N8O.HI/c1-4-21-19(25-15-18-26-16(2)17(3)29-18)22-9-6-10-27-11-13-28(14-12-27)20-23-7-5-8-24-20;/h5,7-8H,4,6,9-15H2,1-3H3,(H2,21,22,25);1H. The molecule has 0 saturated carbocycles. The molecule has 0 atom stereocenters. The van der Waals surface area contributed by atoms with Crippen molar-refractivity contribution in [2.75, 3.05) is 50.7 Å². The van der Waals surface area contributed by atoms with Crippen LogP contribution in [0.5, 0.6) is 0 Å². The Balaban J connectivity index is 0.00000320. The van der Waals surface area contributed by atoms with Gasteiger partial charge in [-0.2, -0.15) is 0 Å². The Bertz CT molecular complexity index is 755. The van der Waals surface area contributed by atoms with Gasteiger partial charge >= 0.3 is 0 Å². The highest BCUT2D eigenvalue weighted by Gasteiger charge is 2.18. The van der Waals surface area contributed by atoms with Gasteiger partial charge in [0.2, 0.25) is 11.8 Å². The molecule has 0 radical (unpaired) electrons. The zero-order valence-electron chi connectivity index (χ0n) is 18.1. The summed E-state index contributed by atoms with van der Waals surface area (Å²) in [5.74, 6) is 3.13. The number of piperazine rings is 1. The fourth-order valence-corrected chi connectivity index (χ4v) is 3.23. The first-order valence-electron chi connectivity index (χ1n) is 10.3. The zero-order chi connectivity index (χ0) is 20.5. The second-order valence-electron chi connectivity index (χ2n) is 7.10. The van der Waals surface area contributed by atoms with E-state index in [0.717, 1.165) is 75.6 Å². The summed E-state index contributed by atoms with van der Waals surface area (Å²) in [4.78, 5) is 22.4. The molecule has 3 heterocycles. The van der Waals surface area contributed by atoms with E-state index in [2.05, 4.69) is 47.3 Å². The van der Waals surface area contributed by atoms with Crippen molar-refractivity contribution < 1.29 is 4.42 Å². The molecule has 2 aromatic rings. The lowest BCUT2D eigenvalue weighted by atomic mass is 10.3. The Morgan fingerprint density at radius 1 is 1.13 bits per heavy atom. The van der Waals surface area contributed by atoms with Gasteiger partial charge in [-0.25, -0.2) is 19.9 Å². The van der Waals surface area contributed by atoms with Crippen molar-refractivity contribution in [3.63, 3.8) is 0 Å². The van der Waals surface area contributed by atoms with Crippen LogP contribution in [-0.4, -0.2) is 71.6 Å². The summed E-state index contributed by atoms with van der Waals surface area (Å²) in [6.45, 7) is 13.1. The topological polar surface area (TPSA) is 94.7 Å². The number of aliphatic imine (C=N–C) groups is 1. The molecule has 166 valence electrons. The number of guanidine groups is 1. The number of oxazole rings is 1. The number of hydrogen-bond donors (Lipinski definition) is 2. The number of nitrogens with one attached hydrogen (secondary N) is 2. The molecule has 0 aromatic carbocycles. The summed E-state index contributed by atoms with van der Waals surface area (Å²) in [7, 11) is 0. The Morgan fingerprint density at radius 2 is 1.87 bits per heavy atom. The summed E-state index contributed by atoms with van der Waals surface area (Å²) in [6.07, 6.45) is 4.66. The van der Waals surface area contributed by atoms with Crippen LogP contribution >= 0.6 is 24.0 Å². The van der Waals surface area contributed by atoms with Crippen LogP contribution < -0.4 is 15.5 Å². The van der Waals surface area contributed by atoms with Crippen molar-refractivity contribution >= 4 is 35.9 Å². The maximum Gasteiger partial charge on any atom is 0.225 e. The molecule has 10 heteroatoms. The van der Waals surface area contributed by atoms with E-state index in [-0.39, 0.29) is 24.0 Å². The van der Waals surface area contributed by atoms with Gasteiger partial charge in [-0.3, -0.25) is 4.90 Å². The van der Waals surface area contributed by atoms with Crippen LogP contribution in [0.1, 0.15) is 30.7 Å². The van der Waals surface area contributed by atoms with Crippen LogP contribution in [0.4, 0.5) is 5.95 Å². The van der Waals surface area contributed by atoms with Crippen molar-refractivity contribution in [3.05, 3.63) is 35.8 Å². The van der Waals surface area contributed by atoms with E-state index in [1.165, 1.54) is 0 Å². The predicted octanol–water partition coefficient (Wildman–Crippen LogP) is 1.97. The largest absolute Gasteiger partial charge is 0.444 e. The highest BCUT2D eigenvalue weighted by Crippen LogP contribution is 2.10. The highest BCUT2D eigenvalue weighted by atomic mass is 127. The Hall–Kier alpha value is -1.95. The third kappa shape index (κ3) is 7.38. The molecule has 0 spiro atoms. The van der Waals surface area contributed by atoms with Gasteiger partial charge in [0.05, 0.1) is 5.69 Å². The number of rotatable bonds is 8. The first-order chi connectivity index (χ1) is 14.2. The first kappa shape index (κ1) is 24.3. The van der Waals surface area contributed by atoms with Gasteiger partial charge in [0, 0.05) is 51.7 Å². The number of halogens is 1. The molecule has 3 rings (SSSR count). The molecule has 0 unspecified atom stereocenters. The smallest absolute Gasteiger partial charge is 0.225 e. The van der Waals surface area contributed by atoms with E-state index in [4.69, 9.17) is 4.42 Å². The van der Waals surface area contributed by atoms with Crippen molar-refractivity contribution in [1.29, 1.82) is 0 Å². The normalized spacial score (nSPS) is 15.0. The van der Waals surface area contributed by atoms with Gasteiger partial charge < -0.3 is 20.0 Å².